The highest BCUT2D eigenvalue weighted by Gasteiger charge is 2.28. The van der Waals surface area contributed by atoms with E-state index >= 15 is 0 Å². The third-order valence-electron chi connectivity index (χ3n) is 7.95. The highest BCUT2D eigenvalue weighted by molar-refractivity contribution is 7.47. The summed E-state index contributed by atoms with van der Waals surface area (Å²) in [5.41, 5.74) is 0. The molecule has 6 N–H and O–H groups in total. The Balaban J connectivity index is 4.77. The van der Waals surface area contributed by atoms with Gasteiger partial charge in [0.05, 0.1) is 32.0 Å². The summed E-state index contributed by atoms with van der Waals surface area (Å²) in [6.07, 6.45) is 28.7. The van der Waals surface area contributed by atoms with E-state index < -0.39 is 78.4 Å². The number of ether oxygens (including phenoxy) is 2. The summed E-state index contributed by atoms with van der Waals surface area (Å²) in [7, 11) is -9.74. The van der Waals surface area contributed by atoms with E-state index in [2.05, 4.69) is 22.9 Å². The third kappa shape index (κ3) is 39.0. The number of aliphatic hydroxyl groups is 3. The number of aliphatic hydroxyl groups excluding tert-OH is 3. The van der Waals surface area contributed by atoms with E-state index in [0.29, 0.717) is 38.0 Å². The van der Waals surface area contributed by atoms with E-state index in [0.717, 1.165) is 32.1 Å². The molecule has 0 heterocycles. The van der Waals surface area contributed by atoms with Gasteiger partial charge < -0.3 is 39.5 Å². The molecule has 15 nitrogen and oxygen atoms in total. The van der Waals surface area contributed by atoms with Crippen LogP contribution in [0.25, 0.3) is 0 Å². The molecule has 1 unspecified atom stereocenters. The van der Waals surface area contributed by atoms with E-state index in [1.165, 1.54) is 19.3 Å². The lowest BCUT2D eigenvalue weighted by Crippen LogP contribution is -2.30. The van der Waals surface area contributed by atoms with Gasteiger partial charge in [0.2, 0.25) is 0 Å². The second kappa shape index (κ2) is 35.3. The highest BCUT2D eigenvalue weighted by atomic mass is 31.2. The fourth-order valence-corrected chi connectivity index (χ4v) is 6.01. The molecule has 0 aliphatic carbocycles. The van der Waals surface area contributed by atoms with Gasteiger partial charge >= 0.3 is 27.6 Å². The van der Waals surface area contributed by atoms with Crippen LogP contribution in [-0.4, -0.2) is 92.8 Å². The summed E-state index contributed by atoms with van der Waals surface area (Å²) in [5, 5.41) is 29.7. The van der Waals surface area contributed by atoms with Crippen molar-refractivity contribution >= 4 is 27.6 Å². The van der Waals surface area contributed by atoms with Crippen molar-refractivity contribution in [1.82, 2.24) is 0 Å². The molecule has 334 valence electrons. The van der Waals surface area contributed by atoms with Crippen molar-refractivity contribution in [1.29, 1.82) is 0 Å². The number of esters is 2. The molecule has 0 aliphatic rings. The molecular formula is C41H70O15P2. The minimum absolute atomic E-state index is 0.00571. The first-order valence-electron chi connectivity index (χ1n) is 20.2. The molecule has 0 amide bonds. The number of phosphoric ester groups is 2. The summed E-state index contributed by atoms with van der Waals surface area (Å²) < 4.78 is 47.4. The number of rotatable bonds is 36. The Kier molecular flexibility index (Phi) is 33.7. The highest BCUT2D eigenvalue weighted by Crippen LogP contribution is 2.43. The van der Waals surface area contributed by atoms with Crippen LogP contribution in [0.1, 0.15) is 117 Å². The molecule has 0 bridgehead atoms. The maximum Gasteiger partial charge on any atom is 0.472 e. The Labute approximate surface area is 345 Å². The van der Waals surface area contributed by atoms with Gasteiger partial charge in [0.25, 0.3) is 0 Å². The fourth-order valence-electron chi connectivity index (χ4n) is 4.86. The Hall–Kier alpha value is -2.52. The monoisotopic (exact) mass is 864 g/mol. The second-order valence-electron chi connectivity index (χ2n) is 14.1. The Morgan fingerprint density at radius 1 is 0.638 bits per heavy atom. The molecule has 58 heavy (non-hydrogen) atoms. The van der Waals surface area contributed by atoms with Gasteiger partial charge in [-0.25, -0.2) is 9.13 Å². The summed E-state index contributed by atoms with van der Waals surface area (Å²) in [6.45, 7) is 3.53. The molecule has 0 saturated carbocycles. The number of phosphoric acid groups is 2. The number of unbranched alkanes of at least 4 members (excludes halogenated alkanes) is 7. The van der Waals surface area contributed by atoms with Crippen molar-refractivity contribution in [2.24, 2.45) is 5.92 Å². The van der Waals surface area contributed by atoms with E-state index in [4.69, 9.17) is 23.8 Å². The molecule has 0 fully saturated rings. The molecule has 5 atom stereocenters. The normalized spacial score (nSPS) is 16.0. The maximum absolute atomic E-state index is 12.6. The lowest BCUT2D eigenvalue weighted by Gasteiger charge is -2.20. The first-order chi connectivity index (χ1) is 27.5. The van der Waals surface area contributed by atoms with Crippen molar-refractivity contribution in [2.45, 2.75) is 141 Å². The van der Waals surface area contributed by atoms with Crippen molar-refractivity contribution in [3.05, 3.63) is 72.9 Å². The van der Waals surface area contributed by atoms with Crippen LogP contribution in [-0.2, 0) is 41.8 Å². The average Bonchev–Trinajstić information content (AvgIpc) is 3.15. The van der Waals surface area contributed by atoms with Gasteiger partial charge in [-0.2, -0.15) is 0 Å². The van der Waals surface area contributed by atoms with Gasteiger partial charge in [-0.3, -0.25) is 23.2 Å². The molecule has 0 saturated heterocycles. The van der Waals surface area contributed by atoms with Crippen LogP contribution in [0.15, 0.2) is 72.9 Å². The van der Waals surface area contributed by atoms with Crippen LogP contribution in [0.2, 0.25) is 0 Å². The minimum Gasteiger partial charge on any atom is -0.462 e. The van der Waals surface area contributed by atoms with E-state index in [1.54, 1.807) is 36.5 Å². The molecule has 0 radical (unpaired) electrons. The average molecular weight is 865 g/mol. The Bertz CT molecular complexity index is 1350. The molecule has 0 aliphatic heterocycles. The van der Waals surface area contributed by atoms with Crippen molar-refractivity contribution in [3.63, 3.8) is 0 Å². The van der Waals surface area contributed by atoms with Gasteiger partial charge in [-0.15, -0.1) is 0 Å². The number of hydrogen-bond acceptors (Lipinski definition) is 12. The Morgan fingerprint density at radius 2 is 1.24 bits per heavy atom. The lowest BCUT2D eigenvalue weighted by molar-refractivity contribution is -0.161. The van der Waals surface area contributed by atoms with Gasteiger partial charge in [0.1, 0.15) is 12.7 Å². The quantitative estimate of drug-likeness (QED) is 0.0117. The molecule has 0 spiro atoms. The van der Waals surface area contributed by atoms with Gasteiger partial charge in [0.15, 0.2) is 6.10 Å². The molecule has 17 heteroatoms. The van der Waals surface area contributed by atoms with Crippen LogP contribution in [0, 0.1) is 5.92 Å². The van der Waals surface area contributed by atoms with Crippen molar-refractivity contribution < 1.29 is 71.8 Å². The maximum atomic E-state index is 12.6. The second-order valence-corrected chi connectivity index (χ2v) is 16.8. The smallest absolute Gasteiger partial charge is 0.462 e. The van der Waals surface area contributed by atoms with Crippen LogP contribution in [0.4, 0.5) is 0 Å². The van der Waals surface area contributed by atoms with Crippen LogP contribution in [0.3, 0.4) is 0 Å². The fraction of sp³-hybridized carbons (Fsp3) is 0.659. The molecule has 0 aromatic rings. The number of hydrogen-bond donors (Lipinski definition) is 6. The summed E-state index contributed by atoms with van der Waals surface area (Å²) in [4.78, 5) is 52.5. The first-order valence-corrected chi connectivity index (χ1v) is 23.2. The van der Waals surface area contributed by atoms with Crippen LogP contribution < -0.4 is 0 Å². The standard InChI is InChI=1S/C41H70O15P2/c1-4-5-17-25-36(42)26-19-13-9-7-10-14-20-27-37(43)28-21-16-23-29-40(45)52-33-39(34-55-58(50,51)54-32-38(44)31-53-57(47,48)49)56-41(46)30-22-15-11-6-8-12-18-24-35(2)3/h5,9-10,13-14,17,19-21,26-28,35-39,42-44H,4,6-8,11-12,15-16,18,22-25,29-34H2,1-3H3,(H,50,51)(H2,47,48,49)/b13-9-,14-10-,17-5-,26-19+,27-20+,28-21-/t36-,37-,38+,39-/m1/s1. The van der Waals surface area contributed by atoms with Crippen LogP contribution >= 0.6 is 15.6 Å². The van der Waals surface area contributed by atoms with Crippen molar-refractivity contribution in [2.75, 3.05) is 26.4 Å². The zero-order valence-corrected chi connectivity index (χ0v) is 36.3. The largest absolute Gasteiger partial charge is 0.472 e. The minimum atomic E-state index is -4.88. The SMILES string of the molecule is CC/C=C\C[C@@H](O)/C=C/C=C\C/C=C\C=C\[C@@H](O)/C=C\CCCC(=O)OC[C@H](COP(=O)(O)OC[C@@H](O)COP(=O)(O)O)OC(=O)CCCCCCCCCC(C)C. The van der Waals surface area contributed by atoms with Crippen molar-refractivity contribution in [3.8, 4) is 0 Å². The van der Waals surface area contributed by atoms with E-state index in [1.807, 2.05) is 43.4 Å². The van der Waals surface area contributed by atoms with E-state index in [-0.39, 0.29) is 12.8 Å². The summed E-state index contributed by atoms with van der Waals surface area (Å²) >= 11 is 0. The topological polar surface area (TPSA) is 236 Å². The molecule has 0 aromatic heterocycles. The number of carbonyl (C=O) groups excluding carboxylic acids is 2. The summed E-state index contributed by atoms with van der Waals surface area (Å²) in [6, 6.07) is 0. The van der Waals surface area contributed by atoms with Crippen LogP contribution in [0.5, 0.6) is 0 Å². The predicted molar refractivity (Wildman–Crippen MR) is 223 cm³/mol. The molecular weight excluding hydrogens is 794 g/mol. The number of carbonyl (C=O) groups is 2. The summed E-state index contributed by atoms with van der Waals surface area (Å²) in [5.74, 6) is -0.530. The van der Waals surface area contributed by atoms with E-state index in [9.17, 15) is 38.9 Å². The third-order valence-corrected chi connectivity index (χ3v) is 9.39. The predicted octanol–water partition coefficient (Wildman–Crippen LogP) is 7.63. The molecule has 0 rings (SSSR count). The zero-order chi connectivity index (χ0) is 43.5. The van der Waals surface area contributed by atoms with Gasteiger partial charge in [-0.05, 0) is 44.4 Å². The van der Waals surface area contributed by atoms with Gasteiger partial charge in [-0.1, -0.05) is 139 Å². The Morgan fingerprint density at radius 3 is 1.90 bits per heavy atom. The number of allylic oxidation sites excluding steroid dienone is 8. The lowest BCUT2D eigenvalue weighted by atomic mass is 10.0. The zero-order valence-electron chi connectivity index (χ0n) is 34.5. The molecule has 0 aromatic carbocycles. The van der Waals surface area contributed by atoms with Gasteiger partial charge in [0, 0.05) is 12.8 Å². The first kappa shape index (κ1) is 55.5.